The van der Waals surface area contributed by atoms with Crippen LogP contribution >= 0.6 is 0 Å². The first-order chi connectivity index (χ1) is 32.9. The van der Waals surface area contributed by atoms with Crippen molar-refractivity contribution >= 4 is 70.6 Å². The van der Waals surface area contributed by atoms with E-state index in [0.717, 1.165) is 0 Å². The number of guanidine groups is 1. The molecule has 370 valence electrons. The van der Waals surface area contributed by atoms with E-state index in [1.807, 2.05) is 4.90 Å². The van der Waals surface area contributed by atoms with Gasteiger partial charge in [-0.25, -0.2) is 4.39 Å². The molecular weight excluding hydrogens is 902 g/mol. The zero-order valence-corrected chi connectivity index (χ0v) is 38.3. The number of hydrogen-bond acceptors (Lipinski definition) is 12. The average molecular weight is 960 g/mol. The van der Waals surface area contributed by atoms with E-state index in [1.54, 1.807) is 30.8 Å². The third-order valence-corrected chi connectivity index (χ3v) is 11.9. The number of H-pyrrole nitrogens is 1. The molecule has 2 aromatic heterocycles. The van der Waals surface area contributed by atoms with Crippen molar-refractivity contribution in [1.82, 2.24) is 56.8 Å². The van der Waals surface area contributed by atoms with Crippen LogP contribution in [0, 0.1) is 19.7 Å². The zero-order valence-electron chi connectivity index (χ0n) is 38.3. The largest absolute Gasteiger partial charge is 0.481 e. The molecule has 0 unspecified atom stereocenters. The van der Waals surface area contributed by atoms with E-state index in [2.05, 4.69) is 57.5 Å². The Morgan fingerprint density at radius 1 is 0.971 bits per heavy atom. The van der Waals surface area contributed by atoms with Crippen molar-refractivity contribution in [3.05, 3.63) is 64.0 Å². The normalized spacial score (nSPS) is 20.2. The Kier molecular flexibility index (Phi) is 17.2. The smallest absolute Gasteiger partial charge is 0.305 e. The SMILES string of the molecule is Cc1[nH]c(/C=C2\C(=O)Nc3ccc(F)cc32)c(C)c1C(=O)NCCNC(=O)CCc1cn(CCCCN2C[C@@H]3C[C@H]2C(=O)N[C@@H](CCCN=C(N)N)C(=O)NCC(=O)N[C@@H](CC(=O)O)C(=O)N3)nn1. The van der Waals surface area contributed by atoms with Crippen LogP contribution < -0.4 is 48.7 Å². The van der Waals surface area contributed by atoms with Crippen molar-refractivity contribution in [2.75, 3.05) is 44.6 Å². The molecule has 0 radical (unpaired) electrons. The molecule has 25 heteroatoms. The monoisotopic (exact) mass is 959 g/mol. The molecule has 69 heavy (non-hydrogen) atoms. The lowest BCUT2D eigenvalue weighted by molar-refractivity contribution is -0.141. The molecule has 3 aliphatic heterocycles. The van der Waals surface area contributed by atoms with Gasteiger partial charge in [0.1, 0.15) is 17.9 Å². The maximum absolute atomic E-state index is 13.9. The lowest BCUT2D eigenvalue weighted by Gasteiger charge is -2.26. The first-order valence-electron chi connectivity index (χ1n) is 22.6. The Bertz CT molecular complexity index is 2520. The minimum atomic E-state index is -1.41. The molecule has 4 atom stereocenters. The number of carboxylic acid groups (broad SMARTS) is 1. The molecule has 13 N–H and O–H groups in total. The second-order valence-electron chi connectivity index (χ2n) is 17.0. The number of carbonyl (C=O) groups excluding carboxylic acids is 7. The summed E-state index contributed by atoms with van der Waals surface area (Å²) in [5, 5.41) is 36.5. The summed E-state index contributed by atoms with van der Waals surface area (Å²) in [6.07, 6.45) is 4.94. The zero-order chi connectivity index (χ0) is 49.8. The van der Waals surface area contributed by atoms with Gasteiger partial charge in [-0.2, -0.15) is 0 Å². The van der Waals surface area contributed by atoms with Gasteiger partial charge in [0.25, 0.3) is 11.8 Å². The van der Waals surface area contributed by atoms with Crippen LogP contribution in [0.5, 0.6) is 0 Å². The summed E-state index contributed by atoms with van der Waals surface area (Å²) < 4.78 is 15.6. The van der Waals surface area contributed by atoms with Crippen molar-refractivity contribution < 1.29 is 47.9 Å². The van der Waals surface area contributed by atoms with Gasteiger partial charge in [-0.1, -0.05) is 5.21 Å². The summed E-state index contributed by atoms with van der Waals surface area (Å²) in [6.45, 7) is 4.58. The molecule has 3 aromatic rings. The van der Waals surface area contributed by atoms with Crippen LogP contribution in [-0.4, -0.2) is 147 Å². The average Bonchev–Trinajstić information content (AvgIpc) is 4.06. The topological polar surface area (TPSA) is 355 Å². The van der Waals surface area contributed by atoms with Crippen LogP contribution in [0.2, 0.25) is 0 Å². The van der Waals surface area contributed by atoms with Gasteiger partial charge in [0.05, 0.1) is 35.8 Å². The fourth-order valence-electron chi connectivity index (χ4n) is 8.44. The number of hydrogen-bond donors (Lipinski definition) is 11. The summed E-state index contributed by atoms with van der Waals surface area (Å²) in [5.74, 6) is -5.53. The lowest BCUT2D eigenvalue weighted by Crippen LogP contribution is -2.55. The highest BCUT2D eigenvalue weighted by molar-refractivity contribution is 6.35. The van der Waals surface area contributed by atoms with Gasteiger partial charge >= 0.3 is 5.97 Å². The van der Waals surface area contributed by atoms with Gasteiger partial charge in [0, 0.05) is 80.4 Å². The molecule has 5 heterocycles. The van der Waals surface area contributed by atoms with E-state index in [-0.39, 0.29) is 74.7 Å². The molecule has 2 saturated heterocycles. The predicted octanol–water partition coefficient (Wildman–Crippen LogP) is -1.70. The molecular formula is C44H58FN15O9. The number of unbranched alkanes of at least 4 members (excludes halogenated alkanes) is 1. The van der Waals surface area contributed by atoms with Gasteiger partial charge in [-0.15, -0.1) is 5.10 Å². The van der Waals surface area contributed by atoms with Crippen molar-refractivity contribution in [3.8, 4) is 0 Å². The Morgan fingerprint density at radius 2 is 1.74 bits per heavy atom. The Morgan fingerprint density at radius 3 is 2.51 bits per heavy atom. The molecule has 0 aliphatic carbocycles. The number of nitrogens with two attached hydrogens (primary N) is 2. The van der Waals surface area contributed by atoms with E-state index >= 15 is 0 Å². The number of benzene rings is 1. The summed E-state index contributed by atoms with van der Waals surface area (Å²) in [6, 6.07) is 0.276. The van der Waals surface area contributed by atoms with Gasteiger partial charge < -0.3 is 58.8 Å². The maximum atomic E-state index is 13.9. The number of carboxylic acids is 1. The van der Waals surface area contributed by atoms with Crippen molar-refractivity contribution in [2.24, 2.45) is 16.5 Å². The quantitative estimate of drug-likeness (QED) is 0.0276. The molecule has 0 spiro atoms. The highest BCUT2D eigenvalue weighted by Gasteiger charge is 2.40. The second-order valence-corrected chi connectivity index (χ2v) is 17.0. The van der Waals surface area contributed by atoms with Gasteiger partial charge in [-0.3, -0.25) is 52.9 Å². The Balaban J connectivity index is 0.951. The number of fused-ring (bicyclic) bond motifs is 3. The third-order valence-electron chi connectivity index (χ3n) is 11.9. The fraction of sp³-hybridized carbons (Fsp3) is 0.477. The number of likely N-dealkylation sites (tertiary alicyclic amines) is 1. The Hall–Kier alpha value is -7.70. The van der Waals surface area contributed by atoms with Gasteiger partial charge in [0.2, 0.25) is 29.5 Å². The molecule has 6 rings (SSSR count). The van der Waals surface area contributed by atoms with Gasteiger partial charge in [0.15, 0.2) is 5.96 Å². The van der Waals surface area contributed by atoms with Crippen LogP contribution in [-0.2, 0) is 46.5 Å². The number of aromatic amines is 1. The number of aryl methyl sites for hydroxylation is 3. The molecule has 1 aromatic carbocycles. The number of carbonyl (C=O) groups is 8. The van der Waals surface area contributed by atoms with Gasteiger partial charge in [-0.05, 0) is 82.3 Å². The standard InChI is InChI=1S/C44H58FN15O9/c1-23-32(18-29-28-16-25(45)7-9-30(28)55-39(29)65)52-24(2)38(23)43(69)49-13-12-48-35(61)10-8-26-22-60(58-57-26)15-4-3-14-59-21-27-17-34(59)42(68)56-31(6-5-11-50-44(46)47)40(66)51-20-36(62)54-33(19-37(63)64)41(67)53-27/h7,9,16,18,22,27,31,33-34,52H,3-6,8,10-15,17,19-21H2,1-2H3,(H,48,61)(H,49,69)(H,51,66)(H,53,67)(H,54,62)(H,55,65)(H,56,68)(H,63,64)(H4,46,47,50)/b29-18-/t27-,31-,33-,34-/m0/s1. The number of amides is 7. The van der Waals surface area contributed by atoms with Crippen LogP contribution in [0.1, 0.15) is 83.5 Å². The van der Waals surface area contributed by atoms with Crippen LogP contribution in [0.15, 0.2) is 29.4 Å². The lowest BCUT2D eigenvalue weighted by atomic mass is 10.0. The molecule has 3 aliphatic rings. The second kappa shape index (κ2) is 23.3. The molecule has 7 amide bonds. The van der Waals surface area contributed by atoms with E-state index < -0.39 is 72.5 Å². The highest BCUT2D eigenvalue weighted by Crippen LogP contribution is 2.34. The van der Waals surface area contributed by atoms with E-state index in [9.17, 15) is 47.9 Å². The summed E-state index contributed by atoms with van der Waals surface area (Å²) in [7, 11) is 0. The van der Waals surface area contributed by atoms with Crippen LogP contribution in [0.4, 0.5) is 10.1 Å². The highest BCUT2D eigenvalue weighted by atomic mass is 19.1. The van der Waals surface area contributed by atoms with E-state index in [4.69, 9.17) is 11.5 Å². The molecule has 2 fully saturated rings. The summed E-state index contributed by atoms with van der Waals surface area (Å²) in [4.78, 5) is 112. The molecule has 24 nitrogen and oxygen atoms in total. The van der Waals surface area contributed by atoms with Crippen molar-refractivity contribution in [1.29, 1.82) is 0 Å². The number of rotatable bonds is 19. The van der Waals surface area contributed by atoms with Crippen LogP contribution in [0.25, 0.3) is 11.6 Å². The minimum absolute atomic E-state index is 0.125. The van der Waals surface area contributed by atoms with Crippen molar-refractivity contribution in [2.45, 2.75) is 95.9 Å². The maximum Gasteiger partial charge on any atom is 0.305 e. The van der Waals surface area contributed by atoms with Crippen molar-refractivity contribution in [3.63, 3.8) is 0 Å². The predicted molar refractivity (Wildman–Crippen MR) is 247 cm³/mol. The fourth-order valence-corrected chi connectivity index (χ4v) is 8.44. The third kappa shape index (κ3) is 13.9. The number of aromatic nitrogens is 4. The van der Waals surface area contributed by atoms with Crippen LogP contribution in [0.3, 0.4) is 0 Å². The first-order valence-corrected chi connectivity index (χ1v) is 22.6. The van der Waals surface area contributed by atoms with E-state index in [0.29, 0.717) is 78.2 Å². The number of aliphatic imine (C=N–C) groups is 1. The molecule has 0 saturated carbocycles. The number of nitrogens with zero attached hydrogens (tertiary/aromatic N) is 5. The summed E-state index contributed by atoms with van der Waals surface area (Å²) >= 11 is 0. The number of aliphatic carboxylic acids is 1. The summed E-state index contributed by atoms with van der Waals surface area (Å²) in [5.41, 5.74) is 14.8. The molecule has 2 bridgehead atoms. The van der Waals surface area contributed by atoms with E-state index in [1.165, 1.54) is 18.2 Å². The number of anilines is 1. The number of nitrogens with one attached hydrogen (secondary N) is 8. The first kappa shape index (κ1) is 50.7. The number of halogens is 1. The minimum Gasteiger partial charge on any atom is -0.481 e. The Labute approximate surface area is 395 Å².